The van der Waals surface area contributed by atoms with Crippen LogP contribution in [0, 0.1) is 5.41 Å². The van der Waals surface area contributed by atoms with E-state index in [0.717, 1.165) is 29.7 Å². The number of likely N-dealkylation sites (N-methyl/N-ethyl adjacent to an activating group) is 1. The lowest BCUT2D eigenvalue weighted by molar-refractivity contribution is -0.904. The van der Waals surface area contributed by atoms with E-state index in [1.165, 1.54) is 11.1 Å². The molecule has 180 valence electrons. The minimum Gasteiger partial charge on any atom is -1.00 e. The van der Waals surface area contributed by atoms with E-state index >= 15 is 0 Å². The summed E-state index contributed by atoms with van der Waals surface area (Å²) in [6.45, 7) is 15.1. The van der Waals surface area contributed by atoms with Crippen LogP contribution in [0.3, 0.4) is 0 Å². The third kappa shape index (κ3) is 10.4. The first kappa shape index (κ1) is 28.5. The first-order valence-corrected chi connectivity index (χ1v) is 11.3. The molecule has 4 nitrogen and oxygen atoms in total. The zero-order chi connectivity index (χ0) is 23.1. The molecule has 0 bridgehead atoms. The minimum absolute atomic E-state index is 0. The molecule has 0 spiro atoms. The van der Waals surface area contributed by atoms with Crippen LogP contribution in [0.5, 0.6) is 11.5 Å². The minimum atomic E-state index is 0. The van der Waals surface area contributed by atoms with Crippen LogP contribution in [0.2, 0.25) is 0 Å². The highest BCUT2D eigenvalue weighted by Gasteiger charge is 2.27. The van der Waals surface area contributed by atoms with Crippen molar-refractivity contribution >= 4 is 0 Å². The molecule has 0 aliphatic carbocycles. The topological polar surface area (TPSA) is 38.7 Å². The average molecular weight is 509 g/mol. The number of nitrogens with zero attached hydrogens (tertiary/aromatic N) is 1. The Balaban J connectivity index is 0.00000512. The molecule has 1 N–H and O–H groups in total. The highest BCUT2D eigenvalue weighted by atomic mass is 79.9. The van der Waals surface area contributed by atoms with Crippen molar-refractivity contribution in [3.8, 4) is 11.5 Å². The second kappa shape index (κ2) is 12.1. The molecule has 0 aromatic heterocycles. The van der Waals surface area contributed by atoms with Gasteiger partial charge in [-0.3, -0.25) is 0 Å². The predicted octanol–water partition coefficient (Wildman–Crippen LogP) is 2.78. The molecule has 5 heteroatoms. The van der Waals surface area contributed by atoms with Crippen molar-refractivity contribution in [2.24, 2.45) is 5.41 Å². The second-order valence-electron chi connectivity index (χ2n) is 11.1. The molecule has 0 saturated carbocycles. The Hall–Kier alpha value is -1.56. The highest BCUT2D eigenvalue weighted by molar-refractivity contribution is 5.31. The average Bonchev–Trinajstić information content (AvgIpc) is 2.65. The van der Waals surface area contributed by atoms with Gasteiger partial charge in [0.25, 0.3) is 0 Å². The fraction of sp³-hybridized carbons (Fsp3) is 0.556. The Kier molecular flexibility index (Phi) is 10.7. The van der Waals surface area contributed by atoms with E-state index < -0.39 is 0 Å². The van der Waals surface area contributed by atoms with Crippen LogP contribution in [0.15, 0.2) is 48.5 Å². The molecule has 0 radical (unpaired) electrons. The zero-order valence-corrected chi connectivity index (χ0v) is 22.5. The molecule has 2 aromatic carbocycles. The number of hydrogen-bond acceptors (Lipinski definition) is 3. The van der Waals surface area contributed by atoms with Crippen LogP contribution < -0.4 is 21.7 Å². The van der Waals surface area contributed by atoms with Crippen LogP contribution in [-0.2, 0) is 16.7 Å². The summed E-state index contributed by atoms with van der Waals surface area (Å²) in [6.07, 6.45) is 1.13. The van der Waals surface area contributed by atoms with Crippen molar-refractivity contribution in [1.29, 1.82) is 0 Å². The fourth-order valence-corrected chi connectivity index (χ4v) is 4.24. The standard InChI is InChI=1S/C27H41NO3.BrH/c1-26(2,3)21-27(4,5)23-10-14-25(15-11-23)31-19-18-30-17-16-28(6,7)20-22-8-12-24(29)13-9-22;/h8-15H,16-21H2,1-7H3;1H. The number of benzene rings is 2. The lowest BCUT2D eigenvalue weighted by atomic mass is 9.72. The number of rotatable bonds is 11. The van der Waals surface area contributed by atoms with E-state index in [-0.39, 0.29) is 22.4 Å². The fourth-order valence-electron chi connectivity index (χ4n) is 4.24. The van der Waals surface area contributed by atoms with Gasteiger partial charge in [-0.15, -0.1) is 0 Å². The number of halogens is 1. The van der Waals surface area contributed by atoms with Gasteiger partial charge < -0.3 is 36.0 Å². The number of hydrogen-bond donors (Lipinski definition) is 1. The van der Waals surface area contributed by atoms with Gasteiger partial charge in [0.05, 0.1) is 27.3 Å². The van der Waals surface area contributed by atoms with Gasteiger partial charge in [-0.25, -0.2) is 0 Å². The molecule has 0 amide bonds. The van der Waals surface area contributed by atoms with Gasteiger partial charge in [0.15, 0.2) is 0 Å². The molecule has 2 rings (SSSR count). The van der Waals surface area contributed by atoms with E-state index in [9.17, 15) is 5.11 Å². The first-order chi connectivity index (χ1) is 14.4. The zero-order valence-electron chi connectivity index (χ0n) is 21.0. The normalized spacial score (nSPS) is 12.3. The maximum atomic E-state index is 9.41. The lowest BCUT2D eigenvalue weighted by Gasteiger charge is -2.33. The molecular weight excluding hydrogens is 466 g/mol. The van der Waals surface area contributed by atoms with Gasteiger partial charge in [0.2, 0.25) is 0 Å². The number of ether oxygens (including phenoxy) is 2. The molecule has 0 fully saturated rings. The predicted molar refractivity (Wildman–Crippen MR) is 129 cm³/mol. The Bertz CT molecular complexity index is 793. The lowest BCUT2D eigenvalue weighted by Crippen LogP contribution is -3.00. The number of aromatic hydroxyl groups is 1. The first-order valence-electron chi connectivity index (χ1n) is 11.3. The summed E-state index contributed by atoms with van der Waals surface area (Å²) in [5, 5.41) is 9.41. The number of phenolic OH excluding ortho intramolecular Hbond substituents is 1. The summed E-state index contributed by atoms with van der Waals surface area (Å²) in [5.41, 5.74) is 3.00. The molecule has 0 unspecified atom stereocenters. The maximum absolute atomic E-state index is 9.41. The van der Waals surface area contributed by atoms with Crippen LogP contribution >= 0.6 is 0 Å². The van der Waals surface area contributed by atoms with Gasteiger partial charge in [-0.2, -0.15) is 0 Å². The molecule has 0 aliphatic heterocycles. The van der Waals surface area contributed by atoms with E-state index in [2.05, 4.69) is 73.0 Å². The van der Waals surface area contributed by atoms with Crippen molar-refractivity contribution < 1.29 is 36.0 Å². The second-order valence-corrected chi connectivity index (χ2v) is 11.1. The van der Waals surface area contributed by atoms with Crippen molar-refractivity contribution in [3.63, 3.8) is 0 Å². The van der Waals surface area contributed by atoms with Crippen molar-refractivity contribution in [1.82, 2.24) is 0 Å². The summed E-state index contributed by atoms with van der Waals surface area (Å²) in [4.78, 5) is 0. The number of phenols is 1. The van der Waals surface area contributed by atoms with Crippen molar-refractivity contribution in [2.45, 2.75) is 53.0 Å². The highest BCUT2D eigenvalue weighted by Crippen LogP contribution is 2.36. The van der Waals surface area contributed by atoms with Gasteiger partial charge in [0, 0.05) is 5.56 Å². The van der Waals surface area contributed by atoms with Gasteiger partial charge in [0.1, 0.15) is 31.2 Å². The van der Waals surface area contributed by atoms with E-state index in [1.807, 2.05) is 12.1 Å². The third-order valence-corrected chi connectivity index (χ3v) is 5.49. The van der Waals surface area contributed by atoms with E-state index in [0.29, 0.717) is 31.0 Å². The molecule has 0 heterocycles. The van der Waals surface area contributed by atoms with E-state index in [4.69, 9.17) is 9.47 Å². The largest absolute Gasteiger partial charge is 1.00 e. The Labute approximate surface area is 205 Å². The quantitative estimate of drug-likeness (QED) is 0.375. The maximum Gasteiger partial charge on any atom is 0.119 e. The summed E-state index contributed by atoms with van der Waals surface area (Å²) < 4.78 is 12.5. The molecular formula is C27H42BrNO3. The molecule has 0 atom stereocenters. The van der Waals surface area contributed by atoms with Crippen LogP contribution in [-0.4, -0.2) is 50.1 Å². The Morgan fingerprint density at radius 3 is 1.97 bits per heavy atom. The van der Waals surface area contributed by atoms with Gasteiger partial charge >= 0.3 is 0 Å². The smallest absolute Gasteiger partial charge is 0.119 e. The molecule has 2 aromatic rings. The van der Waals surface area contributed by atoms with Crippen LogP contribution in [0.25, 0.3) is 0 Å². The van der Waals surface area contributed by atoms with Crippen molar-refractivity contribution in [2.75, 3.05) is 40.5 Å². The summed E-state index contributed by atoms with van der Waals surface area (Å²) in [6, 6.07) is 15.9. The summed E-state index contributed by atoms with van der Waals surface area (Å²) in [5.74, 6) is 1.20. The number of quaternary nitrogens is 1. The van der Waals surface area contributed by atoms with Gasteiger partial charge in [-0.1, -0.05) is 46.8 Å². The summed E-state index contributed by atoms with van der Waals surface area (Å²) >= 11 is 0. The van der Waals surface area contributed by atoms with Crippen LogP contribution in [0.4, 0.5) is 0 Å². The molecule has 0 aliphatic rings. The monoisotopic (exact) mass is 507 g/mol. The Morgan fingerprint density at radius 2 is 1.41 bits per heavy atom. The van der Waals surface area contributed by atoms with Crippen molar-refractivity contribution in [3.05, 3.63) is 59.7 Å². The summed E-state index contributed by atoms with van der Waals surface area (Å²) in [7, 11) is 4.38. The van der Waals surface area contributed by atoms with Crippen LogP contribution in [0.1, 0.15) is 52.2 Å². The Morgan fingerprint density at radius 1 is 0.812 bits per heavy atom. The van der Waals surface area contributed by atoms with Gasteiger partial charge in [-0.05, 0) is 59.2 Å². The molecule has 0 saturated heterocycles. The van der Waals surface area contributed by atoms with E-state index in [1.54, 1.807) is 12.1 Å². The molecule has 32 heavy (non-hydrogen) atoms. The third-order valence-electron chi connectivity index (χ3n) is 5.49. The SMILES string of the molecule is CC(C)(C)CC(C)(C)c1ccc(OCCOCC[N+](C)(C)Cc2ccc(O)cc2)cc1.[Br-].